The number of ketones is 1. The molecule has 1 aliphatic rings. The third-order valence-electron chi connectivity index (χ3n) is 3.42. The fourth-order valence-corrected chi connectivity index (χ4v) is 2.26. The lowest BCUT2D eigenvalue weighted by Crippen LogP contribution is -2.33. The Morgan fingerprint density at radius 1 is 1.21 bits per heavy atom. The minimum absolute atomic E-state index is 0.117. The number of carbonyl (C=O) groups excluding carboxylic acids is 2. The van der Waals surface area contributed by atoms with Crippen LogP contribution in [0.1, 0.15) is 35.3 Å². The van der Waals surface area contributed by atoms with Crippen LogP contribution in [0.3, 0.4) is 0 Å². The maximum Gasteiger partial charge on any atom is 0.299 e. The van der Waals surface area contributed by atoms with E-state index >= 15 is 0 Å². The van der Waals surface area contributed by atoms with Gasteiger partial charge < -0.3 is 9.64 Å². The molecule has 0 spiro atoms. The zero-order chi connectivity index (χ0) is 14.2. The van der Waals surface area contributed by atoms with Crippen LogP contribution in [0.25, 0.3) is 0 Å². The van der Waals surface area contributed by atoms with E-state index in [2.05, 4.69) is 0 Å². The van der Waals surface area contributed by atoms with Crippen LogP contribution < -0.4 is 4.90 Å². The highest BCUT2D eigenvalue weighted by Crippen LogP contribution is 2.33. The van der Waals surface area contributed by atoms with Crippen LogP contribution in [-0.4, -0.2) is 30.9 Å². The van der Waals surface area contributed by atoms with Gasteiger partial charge in [0.25, 0.3) is 11.7 Å². The molecule has 1 amide bonds. The van der Waals surface area contributed by atoms with Gasteiger partial charge >= 0.3 is 0 Å². The summed E-state index contributed by atoms with van der Waals surface area (Å²) in [4.78, 5) is 25.5. The predicted molar refractivity (Wildman–Crippen MR) is 73.7 cm³/mol. The summed E-state index contributed by atoms with van der Waals surface area (Å²) in [7, 11) is 0. The minimum atomic E-state index is -0.448. The van der Waals surface area contributed by atoms with E-state index in [1.807, 2.05) is 33.8 Å². The van der Waals surface area contributed by atoms with Crippen LogP contribution in [0, 0.1) is 13.8 Å². The molecule has 2 rings (SSSR count). The number of hydrogen-bond acceptors (Lipinski definition) is 3. The molecule has 0 N–H and O–H groups in total. The molecule has 0 aromatic heterocycles. The van der Waals surface area contributed by atoms with Gasteiger partial charge in [0.1, 0.15) is 0 Å². The Bertz CT molecular complexity index is 534. The molecule has 0 atom stereocenters. The molecule has 0 saturated heterocycles. The van der Waals surface area contributed by atoms with Crippen LogP contribution in [0.5, 0.6) is 0 Å². The highest BCUT2D eigenvalue weighted by atomic mass is 16.5. The first-order valence-corrected chi connectivity index (χ1v) is 6.51. The predicted octanol–water partition coefficient (Wildman–Crippen LogP) is 2.26. The number of rotatable bonds is 4. The van der Waals surface area contributed by atoms with Gasteiger partial charge in [-0.15, -0.1) is 0 Å². The van der Waals surface area contributed by atoms with Crippen molar-refractivity contribution in [1.29, 1.82) is 0 Å². The maximum atomic E-state index is 12.0. The largest absolute Gasteiger partial charge is 0.377 e. The minimum Gasteiger partial charge on any atom is -0.377 e. The number of aryl methyl sites for hydroxylation is 1. The number of ether oxygens (including phenoxy) is 1. The third-order valence-corrected chi connectivity index (χ3v) is 3.42. The molecule has 1 aromatic rings. The summed E-state index contributed by atoms with van der Waals surface area (Å²) in [6.07, 6.45) is 0.117. The first-order chi connectivity index (χ1) is 8.93. The lowest BCUT2D eigenvalue weighted by atomic mass is 10.0. The normalized spacial score (nSPS) is 14.5. The van der Waals surface area contributed by atoms with Crippen molar-refractivity contribution >= 4 is 17.4 Å². The molecule has 1 heterocycles. The number of hydrogen-bond donors (Lipinski definition) is 0. The Balaban J connectivity index is 2.30. The fourth-order valence-electron chi connectivity index (χ4n) is 2.26. The van der Waals surface area contributed by atoms with Crippen molar-refractivity contribution < 1.29 is 14.3 Å². The number of amides is 1. The van der Waals surface area contributed by atoms with Gasteiger partial charge in [-0.05, 0) is 44.9 Å². The fraction of sp³-hybridized carbons (Fsp3) is 0.467. The summed E-state index contributed by atoms with van der Waals surface area (Å²) >= 11 is 0. The molecule has 4 heteroatoms. The lowest BCUT2D eigenvalue weighted by molar-refractivity contribution is -0.114. The van der Waals surface area contributed by atoms with Gasteiger partial charge in [0.2, 0.25) is 0 Å². The number of Topliss-reactive ketones (excluding diaryl/α,β-unsaturated/α-hetero) is 1. The summed E-state index contributed by atoms with van der Waals surface area (Å²) < 4.78 is 5.47. The van der Waals surface area contributed by atoms with Crippen molar-refractivity contribution in [2.75, 3.05) is 18.1 Å². The zero-order valence-corrected chi connectivity index (χ0v) is 11.8. The van der Waals surface area contributed by atoms with Crippen molar-refractivity contribution in [2.45, 2.75) is 33.8 Å². The molecule has 0 unspecified atom stereocenters. The van der Waals surface area contributed by atoms with Crippen LogP contribution in [0.2, 0.25) is 0 Å². The second-order valence-corrected chi connectivity index (χ2v) is 5.11. The van der Waals surface area contributed by atoms with Gasteiger partial charge in [0.15, 0.2) is 0 Å². The molecule has 102 valence electrons. The van der Waals surface area contributed by atoms with E-state index in [1.54, 1.807) is 11.0 Å². The molecule has 0 fully saturated rings. The summed E-state index contributed by atoms with van der Waals surface area (Å²) in [5.41, 5.74) is 3.33. The molecular formula is C15H19NO3. The topological polar surface area (TPSA) is 46.6 Å². The van der Waals surface area contributed by atoms with Crippen molar-refractivity contribution in [3.63, 3.8) is 0 Å². The number of benzene rings is 1. The van der Waals surface area contributed by atoms with E-state index in [4.69, 9.17) is 4.74 Å². The zero-order valence-electron chi connectivity index (χ0n) is 11.8. The molecule has 0 radical (unpaired) electrons. The van der Waals surface area contributed by atoms with Gasteiger partial charge in [-0.25, -0.2) is 0 Å². The SMILES string of the molecule is Cc1ccc2c(c1C)N(CCOC(C)C)C(=O)C2=O. The van der Waals surface area contributed by atoms with Gasteiger partial charge in [-0.3, -0.25) is 9.59 Å². The number of carbonyl (C=O) groups is 2. The maximum absolute atomic E-state index is 12.0. The number of fused-ring (bicyclic) bond motifs is 1. The van der Waals surface area contributed by atoms with Crippen LogP contribution in [0.15, 0.2) is 12.1 Å². The second kappa shape index (κ2) is 5.13. The molecule has 19 heavy (non-hydrogen) atoms. The first-order valence-electron chi connectivity index (χ1n) is 6.51. The lowest BCUT2D eigenvalue weighted by Gasteiger charge is -2.20. The van der Waals surface area contributed by atoms with E-state index < -0.39 is 11.7 Å². The van der Waals surface area contributed by atoms with Gasteiger partial charge in [0.05, 0.1) is 24.0 Å². The smallest absolute Gasteiger partial charge is 0.299 e. The number of nitrogens with zero attached hydrogens (tertiary/aromatic N) is 1. The summed E-state index contributed by atoms with van der Waals surface area (Å²) in [6.45, 7) is 8.66. The van der Waals surface area contributed by atoms with Crippen molar-refractivity contribution in [2.24, 2.45) is 0 Å². The monoisotopic (exact) mass is 261 g/mol. The van der Waals surface area contributed by atoms with Crippen LogP contribution in [0.4, 0.5) is 5.69 Å². The second-order valence-electron chi connectivity index (χ2n) is 5.11. The Hall–Kier alpha value is -1.68. The van der Waals surface area contributed by atoms with E-state index in [9.17, 15) is 9.59 Å². The summed E-state index contributed by atoms with van der Waals surface area (Å²) in [5, 5.41) is 0. The Morgan fingerprint density at radius 2 is 1.89 bits per heavy atom. The summed E-state index contributed by atoms with van der Waals surface area (Å²) in [5.74, 6) is -0.862. The van der Waals surface area contributed by atoms with Gasteiger partial charge in [-0.1, -0.05) is 6.07 Å². The summed E-state index contributed by atoms with van der Waals surface area (Å²) in [6, 6.07) is 3.62. The van der Waals surface area contributed by atoms with Crippen LogP contribution in [-0.2, 0) is 9.53 Å². The quantitative estimate of drug-likeness (QED) is 0.781. The molecular weight excluding hydrogens is 242 g/mol. The Labute approximate surface area is 113 Å². The first kappa shape index (κ1) is 13.7. The average molecular weight is 261 g/mol. The van der Waals surface area contributed by atoms with Crippen LogP contribution >= 0.6 is 0 Å². The van der Waals surface area contributed by atoms with E-state index in [0.717, 1.165) is 16.8 Å². The average Bonchev–Trinajstić information content (AvgIpc) is 2.59. The van der Waals surface area contributed by atoms with Crippen molar-refractivity contribution in [3.8, 4) is 0 Å². The third kappa shape index (κ3) is 2.40. The highest BCUT2D eigenvalue weighted by molar-refractivity contribution is 6.52. The van der Waals surface area contributed by atoms with Gasteiger partial charge in [0, 0.05) is 6.54 Å². The number of anilines is 1. The Morgan fingerprint density at radius 3 is 2.53 bits per heavy atom. The van der Waals surface area contributed by atoms with Crippen molar-refractivity contribution in [3.05, 3.63) is 28.8 Å². The van der Waals surface area contributed by atoms with E-state index in [0.29, 0.717) is 18.7 Å². The van der Waals surface area contributed by atoms with Crippen molar-refractivity contribution in [1.82, 2.24) is 0 Å². The Kier molecular flexibility index (Phi) is 3.71. The van der Waals surface area contributed by atoms with E-state index in [-0.39, 0.29) is 6.10 Å². The van der Waals surface area contributed by atoms with Gasteiger partial charge in [-0.2, -0.15) is 0 Å². The molecule has 0 aliphatic carbocycles. The molecule has 1 aliphatic heterocycles. The molecule has 0 bridgehead atoms. The molecule has 0 saturated carbocycles. The standard InChI is InChI=1S/C15H19NO3/c1-9(2)19-8-7-16-13-11(4)10(3)5-6-12(13)14(17)15(16)18/h5-6,9H,7-8H2,1-4H3. The van der Waals surface area contributed by atoms with E-state index in [1.165, 1.54) is 0 Å². The molecule has 4 nitrogen and oxygen atoms in total. The highest BCUT2D eigenvalue weighted by Gasteiger charge is 2.36. The molecule has 1 aromatic carbocycles.